The van der Waals surface area contributed by atoms with E-state index in [0.717, 1.165) is 41.4 Å². The topological polar surface area (TPSA) is 80.7 Å². The third-order valence-electron chi connectivity index (χ3n) is 6.61. The molecule has 0 N–H and O–H groups in total. The molecule has 192 valence electrons. The molecule has 0 bridgehead atoms. The van der Waals surface area contributed by atoms with Crippen molar-refractivity contribution >= 4 is 34.9 Å². The molecule has 2 aromatic carbocycles. The fraction of sp³-hybridized carbons (Fsp3) is 0.423. The average molecular weight is 533 g/mol. The van der Waals surface area contributed by atoms with Gasteiger partial charge in [0.2, 0.25) is 0 Å². The van der Waals surface area contributed by atoms with Gasteiger partial charge in [0, 0.05) is 22.3 Å². The van der Waals surface area contributed by atoms with E-state index in [2.05, 4.69) is 6.92 Å². The highest BCUT2D eigenvalue weighted by Gasteiger charge is 2.55. The van der Waals surface area contributed by atoms with Crippen LogP contribution in [-0.4, -0.2) is 32.3 Å². The number of hydrogen-bond acceptors (Lipinski definition) is 4. The maximum atomic E-state index is 13.8. The van der Waals surface area contributed by atoms with Crippen LogP contribution >= 0.6 is 23.2 Å². The second kappa shape index (κ2) is 10.6. The first kappa shape index (κ1) is 26.1. The lowest BCUT2D eigenvalue weighted by atomic mass is 9.99. The molecule has 1 fully saturated rings. The van der Waals surface area contributed by atoms with Crippen LogP contribution < -0.4 is 16.3 Å². The van der Waals surface area contributed by atoms with Crippen LogP contribution in [0.5, 0.6) is 0 Å². The van der Waals surface area contributed by atoms with Crippen molar-refractivity contribution in [2.45, 2.75) is 64.6 Å². The van der Waals surface area contributed by atoms with Crippen molar-refractivity contribution in [2.75, 3.05) is 11.4 Å². The molecule has 2 heterocycles. The van der Waals surface area contributed by atoms with E-state index in [-0.39, 0.29) is 11.7 Å². The monoisotopic (exact) mass is 532 g/mol. The van der Waals surface area contributed by atoms with Crippen LogP contribution in [0, 0.1) is 0 Å². The summed E-state index contributed by atoms with van der Waals surface area (Å²) in [7, 11) is 0. The van der Waals surface area contributed by atoms with Gasteiger partial charge in [-0.05, 0) is 56.7 Å². The zero-order valence-corrected chi connectivity index (χ0v) is 22.1. The van der Waals surface area contributed by atoms with E-state index < -0.39 is 23.2 Å². The van der Waals surface area contributed by atoms with Crippen molar-refractivity contribution in [3.05, 3.63) is 79.6 Å². The van der Waals surface area contributed by atoms with Crippen molar-refractivity contribution in [3.8, 4) is 5.69 Å². The van der Waals surface area contributed by atoms with Crippen LogP contribution in [0.15, 0.2) is 62.6 Å². The summed E-state index contributed by atoms with van der Waals surface area (Å²) in [5.74, 6) is -0.866. The largest absolute Gasteiger partial charge is 0.447 e. The number of halogens is 2. The Hall–Kier alpha value is -2.97. The molecule has 0 radical (unpaired) electrons. The molecule has 4 rings (SSSR count). The number of amides is 2. The first-order valence-electron chi connectivity index (χ1n) is 12.1. The Kier molecular flexibility index (Phi) is 7.66. The van der Waals surface area contributed by atoms with Crippen LogP contribution in [-0.2, 0) is 0 Å². The standard InChI is InChI=1S/C26H30Cl2N4O4/c1-4-5-6-7-8-15-29-23(33)30(20-13-9-11-18(27)16-20)22(26(29,2)3)32-24(34)31(25(35)36-32)21-14-10-12-19(28)17-21/h9-14,16-17,22H,4-8,15H2,1-3H3/t22-/m1/s1. The first-order chi connectivity index (χ1) is 17.2. The number of unbranched alkanes of at least 4 members (excludes halogenated alkanes) is 4. The maximum Gasteiger partial charge on any atom is 0.447 e. The minimum absolute atomic E-state index is 0.282. The van der Waals surface area contributed by atoms with Crippen LogP contribution in [0.3, 0.4) is 0 Å². The molecule has 3 aromatic rings. The van der Waals surface area contributed by atoms with Crippen molar-refractivity contribution in [1.29, 1.82) is 0 Å². The third kappa shape index (κ3) is 4.84. The highest BCUT2D eigenvalue weighted by Crippen LogP contribution is 2.42. The van der Waals surface area contributed by atoms with E-state index in [1.165, 1.54) is 11.0 Å². The summed E-state index contributed by atoms with van der Waals surface area (Å²) in [6.45, 7) is 6.41. The second-order valence-electron chi connectivity index (χ2n) is 9.51. The summed E-state index contributed by atoms with van der Waals surface area (Å²) >= 11 is 12.3. The molecule has 8 nitrogen and oxygen atoms in total. The zero-order valence-electron chi connectivity index (χ0n) is 20.6. The van der Waals surface area contributed by atoms with Gasteiger partial charge >= 0.3 is 17.5 Å². The van der Waals surface area contributed by atoms with Gasteiger partial charge in [-0.2, -0.15) is 4.57 Å². The van der Waals surface area contributed by atoms with Gasteiger partial charge in [0.15, 0.2) is 6.17 Å². The predicted molar refractivity (Wildman–Crippen MR) is 141 cm³/mol. The number of rotatable bonds is 9. The van der Waals surface area contributed by atoms with Crippen LogP contribution in [0.2, 0.25) is 10.0 Å². The summed E-state index contributed by atoms with van der Waals surface area (Å²) in [5, 5.41) is 0.817. The van der Waals surface area contributed by atoms with Gasteiger partial charge in [-0.25, -0.2) is 14.4 Å². The first-order valence-corrected chi connectivity index (χ1v) is 12.9. The normalized spacial score (nSPS) is 17.2. The fourth-order valence-electron chi connectivity index (χ4n) is 4.79. The molecule has 1 aromatic heterocycles. The summed E-state index contributed by atoms with van der Waals surface area (Å²) in [6, 6.07) is 12.9. The van der Waals surface area contributed by atoms with Crippen molar-refractivity contribution in [3.63, 3.8) is 0 Å². The molecule has 1 aliphatic rings. The Labute approximate surface area is 219 Å². The van der Waals surface area contributed by atoms with Crippen LogP contribution in [0.25, 0.3) is 5.69 Å². The molecule has 2 amide bonds. The Morgan fingerprint density at radius 1 is 0.889 bits per heavy atom. The second-order valence-corrected chi connectivity index (χ2v) is 10.4. The minimum atomic E-state index is -0.931. The highest BCUT2D eigenvalue weighted by molar-refractivity contribution is 6.31. The summed E-state index contributed by atoms with van der Waals surface area (Å²) < 4.78 is 7.41. The number of benzene rings is 2. The number of nitrogens with zero attached hydrogens (tertiary/aromatic N) is 4. The Bertz CT molecular complexity index is 1360. The van der Waals surface area contributed by atoms with Gasteiger partial charge in [-0.3, -0.25) is 4.90 Å². The van der Waals surface area contributed by atoms with E-state index in [4.69, 9.17) is 27.7 Å². The van der Waals surface area contributed by atoms with E-state index in [1.54, 1.807) is 47.4 Å². The lowest BCUT2D eigenvalue weighted by Gasteiger charge is -2.34. The van der Waals surface area contributed by atoms with Crippen molar-refractivity contribution in [2.24, 2.45) is 0 Å². The highest BCUT2D eigenvalue weighted by atomic mass is 35.5. The molecule has 0 spiro atoms. The Balaban J connectivity index is 1.80. The number of hydrogen-bond donors (Lipinski definition) is 0. The lowest BCUT2D eigenvalue weighted by Crippen LogP contribution is -2.47. The Morgan fingerprint density at radius 2 is 1.50 bits per heavy atom. The van der Waals surface area contributed by atoms with E-state index in [1.807, 2.05) is 13.8 Å². The molecule has 0 aliphatic carbocycles. The zero-order chi connectivity index (χ0) is 26.0. The maximum absolute atomic E-state index is 13.8. The number of carbonyl (C=O) groups is 1. The number of carbonyl (C=O) groups excluding carboxylic acids is 1. The summed E-state index contributed by atoms with van der Waals surface area (Å²) in [4.78, 5) is 43.5. The van der Waals surface area contributed by atoms with Gasteiger partial charge in [0.25, 0.3) is 0 Å². The van der Waals surface area contributed by atoms with E-state index in [9.17, 15) is 14.4 Å². The van der Waals surface area contributed by atoms with Crippen molar-refractivity contribution < 1.29 is 9.32 Å². The quantitative estimate of drug-likeness (QED) is 0.312. The molecule has 1 atom stereocenters. The molecular weight excluding hydrogens is 503 g/mol. The van der Waals surface area contributed by atoms with Crippen molar-refractivity contribution in [1.82, 2.24) is 14.2 Å². The summed E-state index contributed by atoms with van der Waals surface area (Å²) in [6.07, 6.45) is 4.26. The molecule has 1 aliphatic heterocycles. The van der Waals surface area contributed by atoms with E-state index >= 15 is 0 Å². The van der Waals surface area contributed by atoms with Gasteiger partial charge in [0.05, 0.1) is 11.2 Å². The molecule has 0 unspecified atom stereocenters. The Morgan fingerprint density at radius 3 is 2.14 bits per heavy atom. The third-order valence-corrected chi connectivity index (χ3v) is 7.08. The summed E-state index contributed by atoms with van der Waals surface area (Å²) in [5.41, 5.74) is -0.803. The molecule has 10 heteroatoms. The van der Waals surface area contributed by atoms with Gasteiger partial charge in [-0.15, -0.1) is 4.74 Å². The molecular formula is C26H30Cl2N4O4. The minimum Gasteiger partial charge on any atom is -0.315 e. The number of anilines is 1. The smallest absolute Gasteiger partial charge is 0.315 e. The predicted octanol–water partition coefficient (Wildman–Crippen LogP) is 6.09. The van der Waals surface area contributed by atoms with Gasteiger partial charge in [-0.1, -0.05) is 67.9 Å². The molecule has 36 heavy (non-hydrogen) atoms. The van der Waals surface area contributed by atoms with Gasteiger partial charge in [0.1, 0.15) is 0 Å². The lowest BCUT2D eigenvalue weighted by molar-refractivity contribution is 0.0958. The number of urea groups is 1. The molecule has 1 saturated heterocycles. The van der Waals surface area contributed by atoms with Crippen LogP contribution in [0.1, 0.15) is 59.0 Å². The van der Waals surface area contributed by atoms with Gasteiger partial charge < -0.3 is 9.42 Å². The molecule has 0 saturated carbocycles. The number of aromatic nitrogens is 2. The van der Waals surface area contributed by atoms with Crippen LogP contribution in [0.4, 0.5) is 10.5 Å². The SMILES string of the molecule is CCCCCCCN1C(=O)N(c2cccc(Cl)c2)[C@H](n2oc(=O)n(-c3cccc(Cl)c3)c2=O)C1(C)C. The fourth-order valence-corrected chi connectivity index (χ4v) is 5.16. The van der Waals surface area contributed by atoms with E-state index in [0.29, 0.717) is 22.3 Å². The average Bonchev–Trinajstić information content (AvgIpc) is 3.22.